The molecule has 0 aromatic carbocycles. The lowest BCUT2D eigenvalue weighted by atomic mass is 9.96. The van der Waals surface area contributed by atoms with E-state index in [9.17, 15) is 0 Å². The topological polar surface area (TPSA) is 58.3 Å². The average Bonchev–Trinajstić information content (AvgIpc) is 2.55. The van der Waals surface area contributed by atoms with Crippen LogP contribution in [-0.2, 0) is 12.8 Å². The molecular formula is C16H27N5. The Balaban J connectivity index is 1.65. The number of hydrogen-bond acceptors (Lipinski definition) is 5. The van der Waals surface area contributed by atoms with Crippen LogP contribution in [0.25, 0.3) is 0 Å². The Morgan fingerprint density at radius 2 is 1.90 bits per heavy atom. The lowest BCUT2D eigenvalue weighted by Gasteiger charge is -2.37. The van der Waals surface area contributed by atoms with Crippen molar-refractivity contribution in [2.75, 3.05) is 44.2 Å². The van der Waals surface area contributed by atoms with Gasteiger partial charge in [0.2, 0.25) is 0 Å². The fourth-order valence-electron chi connectivity index (χ4n) is 3.43. The maximum atomic E-state index is 5.73. The van der Waals surface area contributed by atoms with E-state index in [0.29, 0.717) is 5.92 Å². The van der Waals surface area contributed by atoms with Crippen LogP contribution in [-0.4, -0.2) is 54.1 Å². The largest absolute Gasteiger partial charge is 0.354 e. The van der Waals surface area contributed by atoms with Crippen molar-refractivity contribution in [3.05, 3.63) is 17.6 Å². The molecule has 3 rings (SSSR count). The summed E-state index contributed by atoms with van der Waals surface area (Å²) in [5, 5.41) is 0. The van der Waals surface area contributed by atoms with E-state index in [0.717, 1.165) is 52.1 Å². The SMILES string of the molecule is CC(CN)CN1CCN(c2ncnc3c2CCCC3)CC1. The van der Waals surface area contributed by atoms with Gasteiger partial charge >= 0.3 is 0 Å². The number of fused-ring (bicyclic) bond motifs is 1. The van der Waals surface area contributed by atoms with Crippen molar-refractivity contribution in [2.45, 2.75) is 32.6 Å². The second-order valence-electron chi connectivity index (χ2n) is 6.46. The minimum Gasteiger partial charge on any atom is -0.354 e. The van der Waals surface area contributed by atoms with Gasteiger partial charge in [0.15, 0.2) is 0 Å². The predicted octanol–water partition coefficient (Wildman–Crippen LogP) is 1.07. The highest BCUT2D eigenvalue weighted by atomic mass is 15.3. The molecule has 5 nitrogen and oxygen atoms in total. The first-order valence-corrected chi connectivity index (χ1v) is 8.28. The van der Waals surface area contributed by atoms with Crippen molar-refractivity contribution in [1.82, 2.24) is 14.9 Å². The molecule has 1 fully saturated rings. The first-order chi connectivity index (χ1) is 10.3. The van der Waals surface area contributed by atoms with E-state index in [-0.39, 0.29) is 0 Å². The smallest absolute Gasteiger partial charge is 0.135 e. The average molecular weight is 289 g/mol. The Kier molecular flexibility index (Phi) is 4.70. The van der Waals surface area contributed by atoms with Crippen LogP contribution in [0.4, 0.5) is 5.82 Å². The monoisotopic (exact) mass is 289 g/mol. The summed E-state index contributed by atoms with van der Waals surface area (Å²) in [6, 6.07) is 0. The Morgan fingerprint density at radius 3 is 2.67 bits per heavy atom. The third kappa shape index (κ3) is 3.35. The van der Waals surface area contributed by atoms with Crippen molar-refractivity contribution in [3.8, 4) is 0 Å². The van der Waals surface area contributed by atoms with Crippen LogP contribution in [0.15, 0.2) is 6.33 Å². The van der Waals surface area contributed by atoms with Crippen LogP contribution in [0.5, 0.6) is 0 Å². The van der Waals surface area contributed by atoms with Crippen molar-refractivity contribution < 1.29 is 0 Å². The third-order valence-electron chi connectivity index (χ3n) is 4.75. The van der Waals surface area contributed by atoms with Gasteiger partial charge in [-0.3, -0.25) is 4.90 Å². The Bertz CT molecular complexity index is 468. The van der Waals surface area contributed by atoms with E-state index >= 15 is 0 Å². The summed E-state index contributed by atoms with van der Waals surface area (Å²) in [5.41, 5.74) is 8.42. The summed E-state index contributed by atoms with van der Waals surface area (Å²) in [6.45, 7) is 8.49. The molecular weight excluding hydrogens is 262 g/mol. The van der Waals surface area contributed by atoms with Gasteiger partial charge in [-0.15, -0.1) is 0 Å². The van der Waals surface area contributed by atoms with E-state index in [4.69, 9.17) is 5.73 Å². The fourth-order valence-corrected chi connectivity index (χ4v) is 3.43. The molecule has 2 aliphatic rings. The minimum atomic E-state index is 0.586. The van der Waals surface area contributed by atoms with Gasteiger partial charge in [-0.1, -0.05) is 6.92 Å². The molecule has 0 bridgehead atoms. The second-order valence-corrected chi connectivity index (χ2v) is 6.46. The lowest BCUT2D eigenvalue weighted by Crippen LogP contribution is -2.48. The van der Waals surface area contributed by atoms with Crippen LogP contribution < -0.4 is 10.6 Å². The normalized spacial score (nSPS) is 21.1. The highest BCUT2D eigenvalue weighted by molar-refractivity contribution is 5.50. The zero-order valence-electron chi connectivity index (χ0n) is 13.1. The van der Waals surface area contributed by atoms with Crippen molar-refractivity contribution in [2.24, 2.45) is 11.7 Å². The number of anilines is 1. The number of aromatic nitrogens is 2. The summed E-state index contributed by atoms with van der Waals surface area (Å²) >= 11 is 0. The highest BCUT2D eigenvalue weighted by Gasteiger charge is 2.23. The quantitative estimate of drug-likeness (QED) is 0.898. The van der Waals surface area contributed by atoms with E-state index in [1.165, 1.54) is 29.9 Å². The Labute approximate surface area is 127 Å². The number of aryl methyl sites for hydroxylation is 1. The number of hydrogen-bond donors (Lipinski definition) is 1. The molecule has 1 aromatic heterocycles. The first-order valence-electron chi connectivity index (χ1n) is 8.28. The first kappa shape index (κ1) is 14.7. The molecule has 1 aliphatic heterocycles. The molecule has 2 heterocycles. The van der Waals surface area contributed by atoms with Gasteiger partial charge in [0, 0.05) is 44.0 Å². The number of piperazine rings is 1. The van der Waals surface area contributed by atoms with Crippen molar-refractivity contribution >= 4 is 5.82 Å². The highest BCUT2D eigenvalue weighted by Crippen LogP contribution is 2.27. The van der Waals surface area contributed by atoms with Crippen LogP contribution in [0.2, 0.25) is 0 Å². The predicted molar refractivity (Wildman–Crippen MR) is 85.5 cm³/mol. The zero-order valence-corrected chi connectivity index (χ0v) is 13.1. The third-order valence-corrected chi connectivity index (χ3v) is 4.75. The maximum absolute atomic E-state index is 5.73. The Hall–Kier alpha value is -1.20. The molecule has 116 valence electrons. The molecule has 1 aliphatic carbocycles. The van der Waals surface area contributed by atoms with Gasteiger partial charge in [0.05, 0.1) is 0 Å². The second kappa shape index (κ2) is 6.71. The molecule has 0 radical (unpaired) electrons. The minimum absolute atomic E-state index is 0.586. The van der Waals surface area contributed by atoms with E-state index in [2.05, 4.69) is 26.7 Å². The molecule has 21 heavy (non-hydrogen) atoms. The van der Waals surface area contributed by atoms with Gasteiger partial charge in [0.1, 0.15) is 12.1 Å². The summed E-state index contributed by atoms with van der Waals surface area (Å²) in [6.07, 6.45) is 6.58. The van der Waals surface area contributed by atoms with E-state index in [1.54, 1.807) is 6.33 Å². The van der Waals surface area contributed by atoms with Crippen LogP contribution in [0.1, 0.15) is 31.0 Å². The van der Waals surface area contributed by atoms with Gasteiger partial charge < -0.3 is 10.6 Å². The molecule has 1 aromatic rings. The zero-order chi connectivity index (χ0) is 14.7. The molecule has 5 heteroatoms. The number of rotatable bonds is 4. The summed E-state index contributed by atoms with van der Waals surface area (Å²) in [5.74, 6) is 1.79. The van der Waals surface area contributed by atoms with Crippen LogP contribution >= 0.6 is 0 Å². The number of nitrogens with two attached hydrogens (primary N) is 1. The molecule has 0 saturated carbocycles. The molecule has 1 unspecified atom stereocenters. The summed E-state index contributed by atoms with van der Waals surface area (Å²) in [4.78, 5) is 14.1. The van der Waals surface area contributed by atoms with Gasteiger partial charge in [-0.05, 0) is 38.1 Å². The molecule has 2 N–H and O–H groups in total. The van der Waals surface area contributed by atoms with E-state index in [1.807, 2.05) is 0 Å². The van der Waals surface area contributed by atoms with Crippen LogP contribution in [0.3, 0.4) is 0 Å². The lowest BCUT2D eigenvalue weighted by molar-refractivity contribution is 0.226. The van der Waals surface area contributed by atoms with Gasteiger partial charge in [0.25, 0.3) is 0 Å². The van der Waals surface area contributed by atoms with E-state index < -0.39 is 0 Å². The number of nitrogens with zero attached hydrogens (tertiary/aromatic N) is 4. The van der Waals surface area contributed by atoms with Crippen LogP contribution in [0, 0.1) is 5.92 Å². The van der Waals surface area contributed by atoms with Crippen molar-refractivity contribution in [3.63, 3.8) is 0 Å². The molecule has 1 saturated heterocycles. The molecule has 1 atom stereocenters. The van der Waals surface area contributed by atoms with Gasteiger partial charge in [-0.25, -0.2) is 9.97 Å². The van der Waals surface area contributed by atoms with Gasteiger partial charge in [-0.2, -0.15) is 0 Å². The molecule has 0 amide bonds. The standard InChI is InChI=1S/C16H27N5/c1-13(10-17)11-20-6-8-21(9-7-20)16-14-4-2-3-5-15(14)18-12-19-16/h12-13H,2-11,17H2,1H3. The van der Waals surface area contributed by atoms with Crippen molar-refractivity contribution in [1.29, 1.82) is 0 Å². The summed E-state index contributed by atoms with van der Waals surface area (Å²) < 4.78 is 0. The fraction of sp³-hybridized carbons (Fsp3) is 0.750. The maximum Gasteiger partial charge on any atom is 0.135 e. The molecule has 0 spiro atoms. The summed E-state index contributed by atoms with van der Waals surface area (Å²) in [7, 11) is 0. The Morgan fingerprint density at radius 1 is 1.14 bits per heavy atom.